The molecular formula is C10H14NO3. The third kappa shape index (κ3) is 2.69. The molecule has 4 heteroatoms. The molecule has 0 aliphatic heterocycles. The van der Waals surface area contributed by atoms with Crippen LogP contribution >= 0.6 is 0 Å². The lowest BCUT2D eigenvalue weighted by molar-refractivity contribution is -0.153. The second-order valence-corrected chi connectivity index (χ2v) is 2.94. The number of rotatable bonds is 4. The summed E-state index contributed by atoms with van der Waals surface area (Å²) < 4.78 is 4.65. The monoisotopic (exact) mass is 196 g/mol. The van der Waals surface area contributed by atoms with Crippen LogP contribution < -0.4 is 5.73 Å². The number of carbonyl (C=O) groups is 1. The predicted molar refractivity (Wildman–Crippen MR) is 51.1 cm³/mol. The first kappa shape index (κ1) is 11.5. The zero-order valence-electron chi connectivity index (χ0n) is 8.01. The van der Waals surface area contributed by atoms with E-state index in [4.69, 9.17) is 5.73 Å². The van der Waals surface area contributed by atoms with Crippen LogP contribution in [-0.2, 0) is 9.53 Å². The molecule has 1 aliphatic rings. The SMILES string of the molecule is CCOC(=O)[C@@H](O)[C@H](N)[C]1[CH][CH][CH][CH]1. The summed E-state index contributed by atoms with van der Waals surface area (Å²) in [5.74, 6) is 0.0479. The molecule has 1 saturated carbocycles. The van der Waals surface area contributed by atoms with E-state index in [1.54, 1.807) is 32.6 Å². The number of hydrogen-bond donors (Lipinski definition) is 2. The molecule has 0 unspecified atom stereocenters. The number of ether oxygens (including phenoxy) is 1. The molecule has 0 aromatic heterocycles. The van der Waals surface area contributed by atoms with Gasteiger partial charge in [0.2, 0.25) is 0 Å². The lowest BCUT2D eigenvalue weighted by Crippen LogP contribution is -2.45. The summed E-state index contributed by atoms with van der Waals surface area (Å²) in [5, 5.41) is 9.49. The fraction of sp³-hybridized carbons (Fsp3) is 0.400. The molecule has 0 saturated heterocycles. The highest BCUT2D eigenvalue weighted by molar-refractivity contribution is 5.76. The van der Waals surface area contributed by atoms with Crippen LogP contribution in [0.25, 0.3) is 0 Å². The minimum Gasteiger partial charge on any atom is -0.464 e. The first-order valence-corrected chi connectivity index (χ1v) is 4.48. The molecule has 77 valence electrons. The van der Waals surface area contributed by atoms with Gasteiger partial charge in [0.15, 0.2) is 6.10 Å². The molecule has 1 rings (SSSR count). The molecule has 0 spiro atoms. The minimum atomic E-state index is -1.29. The summed E-state index contributed by atoms with van der Waals surface area (Å²) in [6.07, 6.45) is 5.82. The topological polar surface area (TPSA) is 72.5 Å². The number of aliphatic hydroxyl groups excluding tert-OH is 1. The number of nitrogens with two attached hydrogens (primary N) is 1. The summed E-state index contributed by atoms with van der Waals surface area (Å²) in [6, 6.07) is -0.718. The Balaban J connectivity index is 2.41. The van der Waals surface area contributed by atoms with Crippen molar-refractivity contribution < 1.29 is 14.6 Å². The molecule has 5 radical (unpaired) electrons. The van der Waals surface area contributed by atoms with Crippen LogP contribution in [0.3, 0.4) is 0 Å². The van der Waals surface area contributed by atoms with Gasteiger partial charge in [-0.05, 0) is 32.6 Å². The van der Waals surface area contributed by atoms with Crippen molar-refractivity contribution in [2.75, 3.05) is 6.61 Å². The maximum atomic E-state index is 11.1. The van der Waals surface area contributed by atoms with E-state index < -0.39 is 18.1 Å². The van der Waals surface area contributed by atoms with Crippen molar-refractivity contribution in [1.29, 1.82) is 0 Å². The highest BCUT2D eigenvalue weighted by Crippen LogP contribution is 2.26. The smallest absolute Gasteiger partial charge is 0.336 e. The van der Waals surface area contributed by atoms with Gasteiger partial charge in [-0.1, -0.05) is 0 Å². The van der Waals surface area contributed by atoms with Crippen LogP contribution in [0, 0.1) is 31.6 Å². The number of aliphatic hydroxyl groups is 1. The number of esters is 1. The molecule has 0 heterocycles. The van der Waals surface area contributed by atoms with Crippen molar-refractivity contribution in [3.63, 3.8) is 0 Å². The third-order valence-electron chi connectivity index (χ3n) is 1.94. The molecular weight excluding hydrogens is 182 g/mol. The van der Waals surface area contributed by atoms with Gasteiger partial charge in [0.1, 0.15) is 0 Å². The van der Waals surface area contributed by atoms with Gasteiger partial charge in [-0.25, -0.2) is 4.79 Å². The van der Waals surface area contributed by atoms with E-state index in [2.05, 4.69) is 4.74 Å². The van der Waals surface area contributed by atoms with Crippen molar-refractivity contribution in [3.8, 4) is 0 Å². The van der Waals surface area contributed by atoms with E-state index in [1.807, 2.05) is 0 Å². The lowest BCUT2D eigenvalue weighted by Gasteiger charge is -2.21. The van der Waals surface area contributed by atoms with Crippen LogP contribution in [0.2, 0.25) is 0 Å². The maximum absolute atomic E-state index is 11.1. The van der Waals surface area contributed by atoms with Gasteiger partial charge in [-0.2, -0.15) is 0 Å². The second-order valence-electron chi connectivity index (χ2n) is 2.94. The zero-order valence-corrected chi connectivity index (χ0v) is 8.01. The number of hydrogen-bond acceptors (Lipinski definition) is 4. The Hall–Kier alpha value is -0.610. The van der Waals surface area contributed by atoms with Crippen LogP contribution in [0.1, 0.15) is 6.92 Å². The largest absolute Gasteiger partial charge is 0.464 e. The van der Waals surface area contributed by atoms with Crippen LogP contribution in [0.4, 0.5) is 0 Å². The molecule has 0 aromatic rings. The summed E-state index contributed by atoms with van der Waals surface area (Å²) in [5.41, 5.74) is 5.66. The summed E-state index contributed by atoms with van der Waals surface area (Å²) >= 11 is 0. The van der Waals surface area contributed by atoms with E-state index in [9.17, 15) is 9.90 Å². The Morgan fingerprint density at radius 2 is 2.14 bits per heavy atom. The van der Waals surface area contributed by atoms with Crippen LogP contribution in [-0.4, -0.2) is 29.8 Å². The molecule has 3 N–H and O–H groups in total. The standard InChI is InChI=1S/C10H14NO3/c1-2-14-10(13)9(12)8(11)7-5-3-4-6-7/h3-6,8-9,12H,2,11H2,1H3/t8-,9+/m1/s1. The van der Waals surface area contributed by atoms with Crippen molar-refractivity contribution >= 4 is 5.97 Å². The normalized spacial score (nSPS) is 21.9. The van der Waals surface area contributed by atoms with Gasteiger partial charge in [-0.15, -0.1) is 0 Å². The van der Waals surface area contributed by atoms with Gasteiger partial charge >= 0.3 is 5.97 Å². The van der Waals surface area contributed by atoms with Gasteiger partial charge in [0.25, 0.3) is 0 Å². The molecule has 4 nitrogen and oxygen atoms in total. The fourth-order valence-corrected chi connectivity index (χ4v) is 1.17. The van der Waals surface area contributed by atoms with Crippen LogP contribution in [0.5, 0.6) is 0 Å². The Bertz CT molecular complexity index is 190. The molecule has 1 aliphatic carbocycles. The number of carbonyl (C=O) groups excluding carboxylic acids is 1. The van der Waals surface area contributed by atoms with E-state index in [1.165, 1.54) is 0 Å². The van der Waals surface area contributed by atoms with Crippen molar-refractivity contribution in [2.45, 2.75) is 19.1 Å². The minimum absolute atomic E-state index is 0.240. The van der Waals surface area contributed by atoms with E-state index in [-0.39, 0.29) is 6.61 Å². The van der Waals surface area contributed by atoms with Gasteiger partial charge in [-0.3, -0.25) is 0 Å². The maximum Gasteiger partial charge on any atom is 0.336 e. The summed E-state index contributed by atoms with van der Waals surface area (Å²) in [6.45, 7) is 1.92. The first-order chi connectivity index (χ1) is 6.66. The predicted octanol–water partition coefficient (Wildman–Crippen LogP) is -0.357. The highest BCUT2D eigenvalue weighted by Gasteiger charge is 2.33. The lowest BCUT2D eigenvalue weighted by atomic mass is 9.94. The van der Waals surface area contributed by atoms with Crippen molar-refractivity contribution in [2.24, 2.45) is 5.73 Å². The average Bonchev–Trinajstić information content (AvgIpc) is 2.68. The Morgan fingerprint density at radius 3 is 2.64 bits per heavy atom. The Morgan fingerprint density at radius 1 is 1.57 bits per heavy atom. The highest BCUT2D eigenvalue weighted by atomic mass is 16.5. The van der Waals surface area contributed by atoms with E-state index >= 15 is 0 Å². The van der Waals surface area contributed by atoms with Crippen LogP contribution in [0.15, 0.2) is 0 Å². The van der Waals surface area contributed by atoms with Gasteiger partial charge in [0.05, 0.1) is 6.61 Å². The Kier molecular flexibility index (Phi) is 4.35. The molecule has 2 atom stereocenters. The van der Waals surface area contributed by atoms with Gasteiger partial charge in [0, 0.05) is 12.0 Å². The van der Waals surface area contributed by atoms with Crippen molar-refractivity contribution in [3.05, 3.63) is 31.6 Å². The summed E-state index contributed by atoms with van der Waals surface area (Å²) in [7, 11) is 0. The fourth-order valence-electron chi connectivity index (χ4n) is 1.17. The molecule has 0 aromatic carbocycles. The third-order valence-corrected chi connectivity index (χ3v) is 1.94. The van der Waals surface area contributed by atoms with E-state index in [0.29, 0.717) is 0 Å². The zero-order chi connectivity index (χ0) is 10.6. The quantitative estimate of drug-likeness (QED) is 0.602. The molecule has 14 heavy (non-hydrogen) atoms. The average molecular weight is 196 g/mol. The van der Waals surface area contributed by atoms with Crippen molar-refractivity contribution in [1.82, 2.24) is 0 Å². The van der Waals surface area contributed by atoms with Gasteiger partial charge < -0.3 is 15.6 Å². The molecule has 1 fully saturated rings. The first-order valence-electron chi connectivity index (χ1n) is 4.48. The molecule has 0 bridgehead atoms. The molecule has 0 amide bonds. The Labute approximate surface area is 84.4 Å². The van der Waals surface area contributed by atoms with E-state index in [0.717, 1.165) is 5.92 Å². The second kappa shape index (κ2) is 5.32. The summed E-state index contributed by atoms with van der Waals surface area (Å²) in [4.78, 5) is 11.1.